The molecule has 0 aliphatic rings. The van der Waals surface area contributed by atoms with Crippen molar-refractivity contribution in [2.24, 2.45) is 0 Å². The van der Waals surface area contributed by atoms with Crippen LogP contribution in [0.3, 0.4) is 0 Å². The molecule has 0 amide bonds. The highest BCUT2D eigenvalue weighted by Gasteiger charge is 2.14. The Bertz CT molecular complexity index is 598. The number of benzene rings is 1. The Balaban J connectivity index is 2.46. The van der Waals surface area contributed by atoms with Gasteiger partial charge in [-0.15, -0.1) is 0 Å². The minimum atomic E-state index is -0.995. The van der Waals surface area contributed by atoms with Crippen molar-refractivity contribution in [2.75, 3.05) is 19.0 Å². The molecule has 2 aromatic rings. The normalized spacial score (nSPS) is 12.3. The SMILES string of the molecule is COC(C)CNc1c(C(=O)O)cnc2ccccc12. The third-order valence-electron chi connectivity index (χ3n) is 2.97. The lowest BCUT2D eigenvalue weighted by molar-refractivity contribution is 0.0697. The van der Waals surface area contributed by atoms with Crippen molar-refractivity contribution >= 4 is 22.6 Å². The number of hydrogen-bond donors (Lipinski definition) is 2. The van der Waals surface area contributed by atoms with Crippen molar-refractivity contribution < 1.29 is 14.6 Å². The van der Waals surface area contributed by atoms with Crippen LogP contribution in [0.5, 0.6) is 0 Å². The number of ether oxygens (including phenoxy) is 1. The smallest absolute Gasteiger partial charge is 0.339 e. The van der Waals surface area contributed by atoms with Gasteiger partial charge < -0.3 is 15.2 Å². The lowest BCUT2D eigenvalue weighted by Crippen LogP contribution is -2.19. The maximum absolute atomic E-state index is 11.3. The Morgan fingerprint density at radius 1 is 1.47 bits per heavy atom. The molecule has 1 aromatic carbocycles. The number of fused-ring (bicyclic) bond motifs is 1. The highest BCUT2D eigenvalue weighted by molar-refractivity contribution is 6.04. The zero-order valence-corrected chi connectivity index (χ0v) is 10.9. The lowest BCUT2D eigenvalue weighted by Gasteiger charge is -2.15. The number of rotatable bonds is 5. The molecule has 0 radical (unpaired) electrons. The monoisotopic (exact) mass is 260 g/mol. The van der Waals surface area contributed by atoms with Gasteiger partial charge in [0, 0.05) is 25.2 Å². The minimum Gasteiger partial charge on any atom is -0.478 e. The Morgan fingerprint density at radius 3 is 2.89 bits per heavy atom. The van der Waals surface area contributed by atoms with Gasteiger partial charge in [0.25, 0.3) is 0 Å². The molecule has 2 N–H and O–H groups in total. The van der Waals surface area contributed by atoms with E-state index in [1.807, 2.05) is 31.2 Å². The van der Waals surface area contributed by atoms with Gasteiger partial charge >= 0.3 is 5.97 Å². The summed E-state index contributed by atoms with van der Waals surface area (Å²) in [6.45, 7) is 2.45. The van der Waals surface area contributed by atoms with Crippen LogP contribution in [0.4, 0.5) is 5.69 Å². The van der Waals surface area contributed by atoms with Gasteiger partial charge in [-0.05, 0) is 13.0 Å². The van der Waals surface area contributed by atoms with Crippen LogP contribution in [-0.4, -0.2) is 35.8 Å². The van der Waals surface area contributed by atoms with Gasteiger partial charge in [0.15, 0.2) is 0 Å². The Hall–Kier alpha value is -2.14. The van der Waals surface area contributed by atoms with E-state index < -0.39 is 5.97 Å². The number of aromatic carboxylic acids is 1. The number of carbonyl (C=O) groups is 1. The number of aromatic nitrogens is 1. The largest absolute Gasteiger partial charge is 0.478 e. The fraction of sp³-hybridized carbons (Fsp3) is 0.286. The van der Waals surface area contributed by atoms with Crippen molar-refractivity contribution in [1.82, 2.24) is 4.98 Å². The summed E-state index contributed by atoms with van der Waals surface area (Å²) in [6, 6.07) is 7.44. The molecule has 1 heterocycles. The summed E-state index contributed by atoms with van der Waals surface area (Å²) in [5, 5.41) is 13.2. The molecule has 100 valence electrons. The van der Waals surface area contributed by atoms with Crippen LogP contribution in [0.15, 0.2) is 30.5 Å². The summed E-state index contributed by atoms with van der Waals surface area (Å²) in [5.74, 6) is -0.995. The number of para-hydroxylation sites is 1. The molecule has 0 saturated heterocycles. The molecule has 0 bridgehead atoms. The lowest BCUT2D eigenvalue weighted by atomic mass is 10.1. The molecule has 19 heavy (non-hydrogen) atoms. The third-order valence-corrected chi connectivity index (χ3v) is 2.97. The molecule has 0 fully saturated rings. The molecule has 5 nitrogen and oxygen atoms in total. The molecule has 1 unspecified atom stereocenters. The second-order valence-electron chi connectivity index (χ2n) is 4.30. The summed E-state index contributed by atoms with van der Waals surface area (Å²) in [7, 11) is 1.62. The van der Waals surface area contributed by atoms with E-state index in [-0.39, 0.29) is 11.7 Å². The summed E-state index contributed by atoms with van der Waals surface area (Å²) >= 11 is 0. The Labute approximate surface area is 111 Å². The third kappa shape index (κ3) is 2.82. The van der Waals surface area contributed by atoms with E-state index >= 15 is 0 Å². The molecule has 1 atom stereocenters. The number of carboxylic acid groups (broad SMARTS) is 1. The van der Waals surface area contributed by atoms with Crippen LogP contribution in [0.2, 0.25) is 0 Å². The molecule has 0 aliphatic heterocycles. The number of hydrogen-bond acceptors (Lipinski definition) is 4. The number of methoxy groups -OCH3 is 1. The number of nitrogens with one attached hydrogen (secondary N) is 1. The first kappa shape index (κ1) is 13.3. The van der Waals surface area contributed by atoms with Gasteiger partial charge in [-0.2, -0.15) is 0 Å². The van der Waals surface area contributed by atoms with Gasteiger partial charge in [-0.1, -0.05) is 18.2 Å². The molecular weight excluding hydrogens is 244 g/mol. The Morgan fingerprint density at radius 2 is 2.21 bits per heavy atom. The quantitative estimate of drug-likeness (QED) is 0.863. The molecule has 2 rings (SSSR count). The molecule has 5 heteroatoms. The fourth-order valence-corrected chi connectivity index (χ4v) is 1.82. The molecule has 1 aromatic heterocycles. The van der Waals surface area contributed by atoms with Crippen molar-refractivity contribution in [2.45, 2.75) is 13.0 Å². The topological polar surface area (TPSA) is 71.5 Å². The van der Waals surface area contributed by atoms with Gasteiger partial charge in [0.05, 0.1) is 17.3 Å². The highest BCUT2D eigenvalue weighted by atomic mass is 16.5. The number of nitrogens with zero attached hydrogens (tertiary/aromatic N) is 1. The van der Waals surface area contributed by atoms with Crippen molar-refractivity contribution in [3.63, 3.8) is 0 Å². The second kappa shape index (κ2) is 5.67. The average molecular weight is 260 g/mol. The highest BCUT2D eigenvalue weighted by Crippen LogP contribution is 2.25. The first-order chi connectivity index (χ1) is 9.13. The molecule has 0 aliphatic carbocycles. The van der Waals surface area contributed by atoms with E-state index in [4.69, 9.17) is 4.74 Å². The average Bonchev–Trinajstić information content (AvgIpc) is 2.43. The van der Waals surface area contributed by atoms with E-state index in [1.165, 1.54) is 6.20 Å². The van der Waals surface area contributed by atoms with E-state index in [0.29, 0.717) is 12.2 Å². The number of anilines is 1. The zero-order chi connectivity index (χ0) is 13.8. The fourth-order valence-electron chi connectivity index (χ4n) is 1.82. The zero-order valence-electron chi connectivity index (χ0n) is 10.9. The van der Waals surface area contributed by atoms with Crippen LogP contribution in [0.25, 0.3) is 10.9 Å². The summed E-state index contributed by atoms with van der Waals surface area (Å²) in [5.41, 5.74) is 1.52. The van der Waals surface area contributed by atoms with Crippen LogP contribution in [0, 0.1) is 0 Å². The van der Waals surface area contributed by atoms with Crippen molar-refractivity contribution in [1.29, 1.82) is 0 Å². The van der Waals surface area contributed by atoms with Crippen LogP contribution in [-0.2, 0) is 4.74 Å². The number of pyridine rings is 1. The van der Waals surface area contributed by atoms with Crippen LogP contribution < -0.4 is 5.32 Å². The predicted octanol–water partition coefficient (Wildman–Crippen LogP) is 2.38. The first-order valence-corrected chi connectivity index (χ1v) is 6.01. The predicted molar refractivity (Wildman–Crippen MR) is 73.7 cm³/mol. The van der Waals surface area contributed by atoms with Crippen LogP contribution in [0.1, 0.15) is 17.3 Å². The van der Waals surface area contributed by atoms with Gasteiger partial charge in [0.1, 0.15) is 5.56 Å². The van der Waals surface area contributed by atoms with Gasteiger partial charge in [-0.3, -0.25) is 4.98 Å². The minimum absolute atomic E-state index is 0.00595. The van der Waals surface area contributed by atoms with E-state index in [2.05, 4.69) is 10.3 Å². The Kier molecular flexibility index (Phi) is 3.97. The van der Waals surface area contributed by atoms with Gasteiger partial charge in [-0.25, -0.2) is 4.79 Å². The van der Waals surface area contributed by atoms with Crippen molar-refractivity contribution in [3.05, 3.63) is 36.0 Å². The van der Waals surface area contributed by atoms with Gasteiger partial charge in [0.2, 0.25) is 0 Å². The van der Waals surface area contributed by atoms with Crippen LogP contribution >= 0.6 is 0 Å². The van der Waals surface area contributed by atoms with E-state index in [1.54, 1.807) is 7.11 Å². The summed E-state index contributed by atoms with van der Waals surface area (Å²) in [6.07, 6.45) is 1.37. The summed E-state index contributed by atoms with van der Waals surface area (Å²) in [4.78, 5) is 15.4. The maximum Gasteiger partial charge on any atom is 0.339 e. The molecular formula is C14H16N2O3. The second-order valence-corrected chi connectivity index (χ2v) is 4.30. The van der Waals surface area contributed by atoms with E-state index in [0.717, 1.165) is 10.9 Å². The molecule has 0 saturated carbocycles. The van der Waals surface area contributed by atoms with E-state index in [9.17, 15) is 9.90 Å². The maximum atomic E-state index is 11.3. The first-order valence-electron chi connectivity index (χ1n) is 6.01. The standard InChI is InChI=1S/C14H16N2O3/c1-9(19-2)7-16-13-10-5-3-4-6-12(10)15-8-11(13)14(17)18/h3-6,8-9H,7H2,1-2H3,(H,15,16)(H,17,18). The van der Waals surface area contributed by atoms with Crippen molar-refractivity contribution in [3.8, 4) is 0 Å². The molecule has 0 spiro atoms. The number of carboxylic acids is 1. The summed E-state index contributed by atoms with van der Waals surface area (Å²) < 4.78 is 5.16.